The van der Waals surface area contributed by atoms with Crippen molar-refractivity contribution in [1.82, 2.24) is 10.2 Å². The highest BCUT2D eigenvalue weighted by atomic mass is 16.6. The first-order valence-corrected chi connectivity index (χ1v) is 7.53. The molecule has 3 N–H and O–H groups in total. The molecule has 0 aliphatic rings. The summed E-state index contributed by atoms with van der Waals surface area (Å²) < 4.78 is 5.20. The molecule has 0 heterocycles. The first-order valence-electron chi connectivity index (χ1n) is 7.53. The molecule has 0 radical (unpaired) electrons. The van der Waals surface area contributed by atoms with Crippen LogP contribution in [0.4, 0.5) is 4.79 Å². The average molecular weight is 287 g/mol. The molecule has 20 heavy (non-hydrogen) atoms. The van der Waals surface area contributed by atoms with Gasteiger partial charge in [0.25, 0.3) is 0 Å². The third-order valence-electron chi connectivity index (χ3n) is 3.10. The van der Waals surface area contributed by atoms with Gasteiger partial charge in [0, 0.05) is 19.1 Å². The molecule has 0 fully saturated rings. The Hall–Kier alpha value is -0.810. The SMILES string of the molecule is CC(C)CCN(C)C(CN)CCNC(=O)OC(C)(C)C. The maximum atomic E-state index is 11.5. The van der Waals surface area contributed by atoms with Gasteiger partial charge in [-0.1, -0.05) is 13.8 Å². The molecule has 0 aliphatic heterocycles. The number of nitrogens with one attached hydrogen (secondary N) is 1. The second-order valence-electron chi connectivity index (χ2n) is 6.77. The number of rotatable bonds is 8. The molecule has 0 spiro atoms. The molecule has 0 rings (SSSR count). The van der Waals surface area contributed by atoms with Crippen LogP contribution >= 0.6 is 0 Å². The molecule has 0 saturated heterocycles. The van der Waals surface area contributed by atoms with Gasteiger partial charge < -0.3 is 20.7 Å². The Bertz CT molecular complexity index is 275. The molecule has 0 saturated carbocycles. The van der Waals surface area contributed by atoms with Crippen LogP contribution in [0.25, 0.3) is 0 Å². The van der Waals surface area contributed by atoms with Gasteiger partial charge in [0.2, 0.25) is 0 Å². The molecular weight excluding hydrogens is 254 g/mol. The summed E-state index contributed by atoms with van der Waals surface area (Å²) in [5.74, 6) is 0.691. The van der Waals surface area contributed by atoms with Crippen molar-refractivity contribution in [2.24, 2.45) is 11.7 Å². The number of ether oxygens (including phenoxy) is 1. The van der Waals surface area contributed by atoms with Crippen LogP contribution in [0.1, 0.15) is 47.5 Å². The summed E-state index contributed by atoms with van der Waals surface area (Å²) in [6.45, 7) is 12.2. The lowest BCUT2D eigenvalue weighted by Gasteiger charge is -2.28. The zero-order chi connectivity index (χ0) is 15.8. The van der Waals surface area contributed by atoms with Crippen molar-refractivity contribution in [1.29, 1.82) is 0 Å². The molecule has 0 aromatic carbocycles. The second-order valence-corrected chi connectivity index (χ2v) is 6.77. The van der Waals surface area contributed by atoms with Crippen molar-refractivity contribution in [2.75, 3.05) is 26.7 Å². The number of carbonyl (C=O) groups excluding carboxylic acids is 1. The predicted octanol–water partition coefficient (Wildman–Crippen LogP) is 2.21. The van der Waals surface area contributed by atoms with Crippen LogP contribution < -0.4 is 11.1 Å². The Morgan fingerprint density at radius 3 is 2.35 bits per heavy atom. The molecular formula is C15H33N3O2. The van der Waals surface area contributed by atoms with E-state index in [1.807, 2.05) is 20.8 Å². The van der Waals surface area contributed by atoms with E-state index in [1.54, 1.807) is 0 Å². The fourth-order valence-electron chi connectivity index (χ4n) is 1.82. The predicted molar refractivity (Wildman–Crippen MR) is 83.8 cm³/mol. The van der Waals surface area contributed by atoms with Crippen LogP contribution in [-0.4, -0.2) is 49.3 Å². The first-order chi connectivity index (χ1) is 9.15. The first kappa shape index (κ1) is 19.2. The maximum Gasteiger partial charge on any atom is 0.407 e. The molecule has 0 bridgehead atoms. The van der Waals surface area contributed by atoms with Crippen molar-refractivity contribution in [3.05, 3.63) is 0 Å². The van der Waals surface area contributed by atoms with Crippen LogP contribution in [0.3, 0.4) is 0 Å². The van der Waals surface area contributed by atoms with E-state index < -0.39 is 5.60 Å². The Labute approximate surface area is 124 Å². The quantitative estimate of drug-likeness (QED) is 0.718. The number of amides is 1. The maximum absolute atomic E-state index is 11.5. The summed E-state index contributed by atoms with van der Waals surface area (Å²) in [6, 6.07) is 0.295. The largest absolute Gasteiger partial charge is 0.444 e. The molecule has 0 aromatic heterocycles. The van der Waals surface area contributed by atoms with Gasteiger partial charge >= 0.3 is 6.09 Å². The van der Waals surface area contributed by atoms with Gasteiger partial charge in [0.1, 0.15) is 5.60 Å². The molecule has 1 unspecified atom stereocenters. The van der Waals surface area contributed by atoms with Crippen LogP contribution in [0.15, 0.2) is 0 Å². The number of hydrogen-bond donors (Lipinski definition) is 2. The Balaban J connectivity index is 3.98. The number of likely N-dealkylation sites (N-methyl/N-ethyl adjacent to an activating group) is 1. The van der Waals surface area contributed by atoms with Crippen molar-refractivity contribution in [3.8, 4) is 0 Å². The molecule has 0 aromatic rings. The average Bonchev–Trinajstić information content (AvgIpc) is 2.29. The van der Waals surface area contributed by atoms with Crippen LogP contribution in [0.5, 0.6) is 0 Å². The summed E-state index contributed by atoms with van der Waals surface area (Å²) in [6.07, 6.45) is 1.63. The normalized spacial score (nSPS) is 13.7. The smallest absolute Gasteiger partial charge is 0.407 e. The van der Waals surface area contributed by atoms with E-state index in [-0.39, 0.29) is 6.09 Å². The molecule has 1 amide bonds. The van der Waals surface area contributed by atoms with E-state index in [1.165, 1.54) is 0 Å². The third-order valence-corrected chi connectivity index (χ3v) is 3.10. The Kier molecular flexibility index (Phi) is 8.81. The summed E-state index contributed by atoms with van der Waals surface area (Å²) in [5, 5.41) is 2.78. The minimum absolute atomic E-state index is 0.295. The minimum Gasteiger partial charge on any atom is -0.444 e. The number of alkyl carbamates (subject to hydrolysis) is 1. The van der Waals surface area contributed by atoms with Crippen molar-refractivity contribution in [3.63, 3.8) is 0 Å². The summed E-state index contributed by atoms with van der Waals surface area (Å²) in [4.78, 5) is 13.8. The summed E-state index contributed by atoms with van der Waals surface area (Å²) in [7, 11) is 2.09. The van der Waals surface area contributed by atoms with Gasteiger partial charge in [-0.05, 0) is 53.1 Å². The van der Waals surface area contributed by atoms with E-state index in [0.29, 0.717) is 25.0 Å². The highest BCUT2D eigenvalue weighted by Gasteiger charge is 2.17. The Morgan fingerprint density at radius 2 is 1.90 bits per heavy atom. The van der Waals surface area contributed by atoms with Gasteiger partial charge in [-0.2, -0.15) is 0 Å². The summed E-state index contributed by atoms with van der Waals surface area (Å²) >= 11 is 0. The third kappa shape index (κ3) is 10.0. The van der Waals surface area contributed by atoms with Gasteiger partial charge in [-0.3, -0.25) is 0 Å². The molecule has 5 nitrogen and oxygen atoms in total. The van der Waals surface area contributed by atoms with E-state index in [4.69, 9.17) is 10.5 Å². The molecule has 1 atom stereocenters. The van der Waals surface area contributed by atoms with Gasteiger partial charge in [-0.15, -0.1) is 0 Å². The number of carbonyl (C=O) groups is 1. The number of nitrogens with two attached hydrogens (primary N) is 1. The minimum atomic E-state index is -0.453. The highest BCUT2D eigenvalue weighted by Crippen LogP contribution is 2.07. The molecule has 120 valence electrons. The fourth-order valence-corrected chi connectivity index (χ4v) is 1.82. The van der Waals surface area contributed by atoms with Crippen molar-refractivity contribution >= 4 is 6.09 Å². The lowest BCUT2D eigenvalue weighted by molar-refractivity contribution is 0.0523. The van der Waals surface area contributed by atoms with Crippen LogP contribution in [0, 0.1) is 5.92 Å². The second kappa shape index (κ2) is 9.19. The van der Waals surface area contributed by atoms with Gasteiger partial charge in [-0.25, -0.2) is 4.79 Å². The van der Waals surface area contributed by atoms with Crippen LogP contribution in [-0.2, 0) is 4.74 Å². The standard InChI is InChI=1S/C15H33N3O2/c1-12(2)8-10-18(6)13(11-16)7-9-17-14(19)20-15(3,4)5/h12-13H,7-11,16H2,1-6H3,(H,17,19). The molecule has 0 aliphatic carbocycles. The number of hydrogen-bond acceptors (Lipinski definition) is 4. The zero-order valence-electron chi connectivity index (χ0n) is 14.0. The summed E-state index contributed by atoms with van der Waals surface area (Å²) in [5.41, 5.74) is 5.36. The van der Waals surface area contributed by atoms with Crippen LogP contribution in [0.2, 0.25) is 0 Å². The molecule has 5 heteroatoms. The topological polar surface area (TPSA) is 67.6 Å². The lowest BCUT2D eigenvalue weighted by atomic mass is 10.1. The fraction of sp³-hybridized carbons (Fsp3) is 0.933. The van der Waals surface area contributed by atoms with E-state index >= 15 is 0 Å². The van der Waals surface area contributed by atoms with E-state index in [0.717, 1.165) is 19.4 Å². The van der Waals surface area contributed by atoms with Crippen molar-refractivity contribution in [2.45, 2.75) is 59.1 Å². The van der Waals surface area contributed by atoms with Gasteiger partial charge in [0.05, 0.1) is 0 Å². The monoisotopic (exact) mass is 287 g/mol. The Morgan fingerprint density at radius 1 is 1.30 bits per heavy atom. The van der Waals surface area contributed by atoms with E-state index in [9.17, 15) is 4.79 Å². The number of nitrogens with zero attached hydrogens (tertiary/aromatic N) is 1. The van der Waals surface area contributed by atoms with Crippen molar-refractivity contribution < 1.29 is 9.53 Å². The zero-order valence-corrected chi connectivity index (χ0v) is 14.0. The lowest BCUT2D eigenvalue weighted by Crippen LogP contribution is -2.42. The highest BCUT2D eigenvalue weighted by molar-refractivity contribution is 5.67. The van der Waals surface area contributed by atoms with Gasteiger partial charge in [0.15, 0.2) is 0 Å². The van der Waals surface area contributed by atoms with E-state index in [2.05, 4.69) is 31.1 Å².